The summed E-state index contributed by atoms with van der Waals surface area (Å²) in [6.07, 6.45) is 0.977. The first-order valence-electron chi connectivity index (χ1n) is 5.41. The summed E-state index contributed by atoms with van der Waals surface area (Å²) in [5, 5.41) is 3.37. The third-order valence-electron chi connectivity index (χ3n) is 2.79. The van der Waals surface area contributed by atoms with Gasteiger partial charge in [-0.3, -0.25) is 4.79 Å². The van der Waals surface area contributed by atoms with Crippen LogP contribution in [0.2, 0.25) is 0 Å². The van der Waals surface area contributed by atoms with Gasteiger partial charge in [0.05, 0.1) is 11.4 Å². The molecule has 4 heteroatoms. The van der Waals surface area contributed by atoms with Gasteiger partial charge in [0.2, 0.25) is 5.91 Å². The molecule has 0 unspecified atom stereocenters. The van der Waals surface area contributed by atoms with Crippen molar-refractivity contribution in [1.29, 1.82) is 0 Å². The van der Waals surface area contributed by atoms with Crippen molar-refractivity contribution >= 4 is 33.2 Å². The third kappa shape index (κ3) is 2.07. The number of halogens is 1. The Bertz CT molecular complexity index is 431. The lowest BCUT2D eigenvalue weighted by molar-refractivity contribution is -0.116. The fourth-order valence-corrected chi connectivity index (χ4v) is 2.69. The van der Waals surface area contributed by atoms with E-state index in [1.807, 2.05) is 24.0 Å². The Balaban J connectivity index is 2.56. The molecule has 16 heavy (non-hydrogen) atoms. The predicted octanol–water partition coefficient (Wildman–Crippen LogP) is 2.93. The van der Waals surface area contributed by atoms with Crippen molar-refractivity contribution in [2.45, 2.75) is 20.3 Å². The lowest BCUT2D eigenvalue weighted by Crippen LogP contribution is -2.29. The van der Waals surface area contributed by atoms with E-state index in [1.54, 1.807) is 6.92 Å². The van der Waals surface area contributed by atoms with Crippen LogP contribution in [0.1, 0.15) is 18.9 Å². The van der Waals surface area contributed by atoms with E-state index in [0.29, 0.717) is 0 Å². The van der Waals surface area contributed by atoms with Crippen molar-refractivity contribution in [3.05, 3.63) is 22.2 Å². The van der Waals surface area contributed by atoms with Crippen LogP contribution in [0.3, 0.4) is 0 Å². The summed E-state index contributed by atoms with van der Waals surface area (Å²) in [6.45, 7) is 5.35. The molecule has 86 valence electrons. The maximum Gasteiger partial charge on any atom is 0.223 e. The number of carbonyl (C=O) groups is 1. The van der Waals surface area contributed by atoms with Gasteiger partial charge in [-0.2, -0.15) is 0 Å². The number of anilines is 2. The molecule has 1 aliphatic heterocycles. The largest absolute Gasteiger partial charge is 0.383 e. The molecular weight excluding hydrogens is 268 g/mol. The van der Waals surface area contributed by atoms with Gasteiger partial charge >= 0.3 is 0 Å². The first-order valence-corrected chi connectivity index (χ1v) is 6.21. The lowest BCUT2D eigenvalue weighted by Gasteiger charge is -2.23. The Kier molecular flexibility index (Phi) is 3.19. The highest BCUT2D eigenvalue weighted by Gasteiger charge is 2.20. The molecule has 3 nitrogen and oxygen atoms in total. The second kappa shape index (κ2) is 4.45. The quantitative estimate of drug-likeness (QED) is 0.794. The molecule has 0 atom stereocenters. The van der Waals surface area contributed by atoms with Crippen LogP contribution in [0.25, 0.3) is 0 Å². The Morgan fingerprint density at radius 1 is 1.50 bits per heavy atom. The Morgan fingerprint density at radius 3 is 2.94 bits per heavy atom. The number of rotatable bonds is 0. The van der Waals surface area contributed by atoms with Gasteiger partial charge in [-0.1, -0.05) is 15.9 Å². The molecule has 2 rings (SSSR count). The SMILES string of the molecule is CC(=O)N1CCCNc2cc(Br)cc(C)c21. The molecule has 1 amide bonds. The second-order valence-electron chi connectivity index (χ2n) is 4.07. The summed E-state index contributed by atoms with van der Waals surface area (Å²) in [7, 11) is 0. The van der Waals surface area contributed by atoms with E-state index in [1.165, 1.54) is 0 Å². The fraction of sp³-hybridized carbons (Fsp3) is 0.417. The van der Waals surface area contributed by atoms with E-state index in [4.69, 9.17) is 0 Å². The fourth-order valence-electron chi connectivity index (χ4n) is 2.12. The molecule has 0 radical (unpaired) electrons. The number of carbonyl (C=O) groups excluding carboxylic acids is 1. The number of hydrogen-bond donors (Lipinski definition) is 1. The molecule has 0 saturated heterocycles. The van der Waals surface area contributed by atoms with Crippen molar-refractivity contribution in [2.75, 3.05) is 23.3 Å². The first kappa shape index (κ1) is 11.5. The van der Waals surface area contributed by atoms with Gasteiger partial charge in [-0.05, 0) is 31.0 Å². The highest BCUT2D eigenvalue weighted by molar-refractivity contribution is 9.10. The number of benzene rings is 1. The van der Waals surface area contributed by atoms with Gasteiger partial charge in [0.15, 0.2) is 0 Å². The Labute approximate surface area is 104 Å². The highest BCUT2D eigenvalue weighted by atomic mass is 79.9. The predicted molar refractivity (Wildman–Crippen MR) is 70.0 cm³/mol. The minimum Gasteiger partial charge on any atom is -0.383 e. The zero-order valence-electron chi connectivity index (χ0n) is 9.51. The molecular formula is C12H15BrN2O. The van der Waals surface area contributed by atoms with Gasteiger partial charge in [0.1, 0.15) is 0 Å². The average Bonchev–Trinajstić information content (AvgIpc) is 2.39. The summed E-state index contributed by atoms with van der Waals surface area (Å²) in [5.41, 5.74) is 3.18. The zero-order valence-corrected chi connectivity index (χ0v) is 11.1. The van der Waals surface area contributed by atoms with Crippen LogP contribution in [0.5, 0.6) is 0 Å². The van der Waals surface area contributed by atoms with Crippen molar-refractivity contribution in [2.24, 2.45) is 0 Å². The summed E-state index contributed by atoms with van der Waals surface area (Å²) in [6, 6.07) is 4.07. The Hall–Kier alpha value is -1.03. The number of aryl methyl sites for hydroxylation is 1. The van der Waals surface area contributed by atoms with Crippen molar-refractivity contribution in [3.8, 4) is 0 Å². The smallest absolute Gasteiger partial charge is 0.223 e. The number of hydrogen-bond acceptors (Lipinski definition) is 2. The summed E-state index contributed by atoms with van der Waals surface area (Å²) >= 11 is 3.48. The molecule has 0 spiro atoms. The molecule has 1 aliphatic rings. The van der Waals surface area contributed by atoms with Crippen LogP contribution < -0.4 is 10.2 Å². The molecule has 1 heterocycles. The van der Waals surface area contributed by atoms with Gasteiger partial charge in [-0.25, -0.2) is 0 Å². The minimum atomic E-state index is 0.107. The first-order chi connectivity index (χ1) is 7.59. The van der Waals surface area contributed by atoms with E-state index in [0.717, 1.165) is 40.9 Å². The maximum absolute atomic E-state index is 11.6. The third-order valence-corrected chi connectivity index (χ3v) is 3.25. The van der Waals surface area contributed by atoms with Crippen LogP contribution in [0.4, 0.5) is 11.4 Å². The second-order valence-corrected chi connectivity index (χ2v) is 4.99. The summed E-state index contributed by atoms with van der Waals surface area (Å²) in [4.78, 5) is 13.5. The van der Waals surface area contributed by atoms with Crippen LogP contribution in [0, 0.1) is 6.92 Å². The van der Waals surface area contributed by atoms with Crippen LogP contribution in [-0.2, 0) is 4.79 Å². The van der Waals surface area contributed by atoms with Gasteiger partial charge < -0.3 is 10.2 Å². The molecule has 0 fully saturated rings. The standard InChI is InChI=1S/C12H15BrN2O/c1-8-6-10(13)7-11-12(8)15(9(2)16)5-3-4-14-11/h6-7,14H,3-5H2,1-2H3. The van der Waals surface area contributed by atoms with E-state index in [9.17, 15) is 4.79 Å². The number of nitrogens with one attached hydrogen (secondary N) is 1. The molecule has 0 bridgehead atoms. The average molecular weight is 283 g/mol. The van der Waals surface area contributed by atoms with E-state index in [-0.39, 0.29) is 5.91 Å². The van der Waals surface area contributed by atoms with E-state index < -0.39 is 0 Å². The molecule has 0 saturated carbocycles. The zero-order chi connectivity index (χ0) is 11.7. The van der Waals surface area contributed by atoms with Crippen molar-refractivity contribution in [1.82, 2.24) is 0 Å². The number of nitrogens with zero attached hydrogens (tertiary/aromatic N) is 1. The van der Waals surface area contributed by atoms with Gasteiger partial charge in [0.25, 0.3) is 0 Å². The molecule has 0 aliphatic carbocycles. The van der Waals surface area contributed by atoms with Gasteiger partial charge in [0, 0.05) is 24.5 Å². The summed E-state index contributed by atoms with van der Waals surface area (Å²) in [5.74, 6) is 0.107. The van der Waals surface area contributed by atoms with Crippen LogP contribution in [-0.4, -0.2) is 19.0 Å². The number of fused-ring (bicyclic) bond motifs is 1. The molecule has 0 aromatic heterocycles. The maximum atomic E-state index is 11.6. The van der Waals surface area contributed by atoms with Crippen LogP contribution >= 0.6 is 15.9 Å². The van der Waals surface area contributed by atoms with Gasteiger partial charge in [-0.15, -0.1) is 0 Å². The van der Waals surface area contributed by atoms with E-state index in [2.05, 4.69) is 21.2 Å². The Morgan fingerprint density at radius 2 is 2.25 bits per heavy atom. The minimum absolute atomic E-state index is 0.107. The van der Waals surface area contributed by atoms with Crippen molar-refractivity contribution < 1.29 is 4.79 Å². The topological polar surface area (TPSA) is 32.3 Å². The van der Waals surface area contributed by atoms with E-state index >= 15 is 0 Å². The molecule has 1 N–H and O–H groups in total. The van der Waals surface area contributed by atoms with Crippen molar-refractivity contribution in [3.63, 3.8) is 0 Å². The highest BCUT2D eigenvalue weighted by Crippen LogP contribution is 2.35. The van der Waals surface area contributed by atoms with Crippen LogP contribution in [0.15, 0.2) is 16.6 Å². The summed E-state index contributed by atoms with van der Waals surface area (Å²) < 4.78 is 1.04. The molecule has 1 aromatic carbocycles. The lowest BCUT2D eigenvalue weighted by atomic mass is 10.1. The number of amides is 1. The molecule has 1 aromatic rings. The normalized spacial score (nSPS) is 15.1. The monoisotopic (exact) mass is 282 g/mol.